The summed E-state index contributed by atoms with van der Waals surface area (Å²) in [6.45, 7) is 2.48. The molecule has 1 aromatic rings. The van der Waals surface area contributed by atoms with E-state index in [0.29, 0.717) is 36.0 Å². The Morgan fingerprint density at radius 1 is 1.40 bits per heavy atom. The molecule has 20 heavy (non-hydrogen) atoms. The normalized spacial score (nSPS) is 11.8. The fourth-order valence-corrected chi connectivity index (χ4v) is 2.15. The Balaban J connectivity index is 2.81. The van der Waals surface area contributed by atoms with Gasteiger partial charge >= 0.3 is 0 Å². The van der Waals surface area contributed by atoms with Gasteiger partial charge in [-0.2, -0.15) is 5.26 Å². The van der Waals surface area contributed by atoms with Gasteiger partial charge in [-0.3, -0.25) is 0 Å². The summed E-state index contributed by atoms with van der Waals surface area (Å²) in [6.07, 6.45) is 2.88. The average Bonchev–Trinajstić information content (AvgIpc) is 2.39. The van der Waals surface area contributed by atoms with Crippen LogP contribution in [-0.2, 0) is 6.42 Å². The summed E-state index contributed by atoms with van der Waals surface area (Å²) in [5, 5.41) is 9.11. The molecule has 1 atom stereocenters. The maximum absolute atomic E-state index is 8.50. The van der Waals surface area contributed by atoms with Crippen molar-refractivity contribution in [3.8, 4) is 17.6 Å². The lowest BCUT2D eigenvalue weighted by Gasteiger charge is -2.17. The molecule has 1 rings (SSSR count). The number of nitriles is 1. The van der Waals surface area contributed by atoms with Gasteiger partial charge in [0, 0.05) is 29.1 Å². The maximum Gasteiger partial charge on any atom is 0.164 e. The number of halogens is 1. The van der Waals surface area contributed by atoms with Crippen molar-refractivity contribution in [1.82, 2.24) is 0 Å². The van der Waals surface area contributed by atoms with Gasteiger partial charge < -0.3 is 15.2 Å². The van der Waals surface area contributed by atoms with E-state index in [0.717, 1.165) is 18.4 Å². The summed E-state index contributed by atoms with van der Waals surface area (Å²) in [5.41, 5.74) is 6.80. The summed E-state index contributed by atoms with van der Waals surface area (Å²) in [6, 6.07) is 5.72. The second-order valence-electron chi connectivity index (χ2n) is 4.74. The number of unbranched alkanes of at least 4 members (excludes halogenated alkanes) is 2. The molecule has 0 saturated heterocycles. The third-order valence-electron chi connectivity index (χ3n) is 2.79. The molecule has 0 aliphatic carbocycles. The largest absolute Gasteiger partial charge is 0.493 e. The second-order valence-corrected chi connectivity index (χ2v) is 5.18. The van der Waals surface area contributed by atoms with Gasteiger partial charge in [0.15, 0.2) is 11.5 Å². The molecule has 110 valence electrons. The molecule has 4 nitrogen and oxygen atoms in total. The average molecular weight is 297 g/mol. The maximum atomic E-state index is 8.50. The molecule has 0 saturated carbocycles. The van der Waals surface area contributed by atoms with Crippen LogP contribution in [0.2, 0.25) is 5.02 Å². The number of nitrogens with zero attached hydrogens (tertiary/aromatic N) is 1. The van der Waals surface area contributed by atoms with Crippen LogP contribution in [0.4, 0.5) is 0 Å². The van der Waals surface area contributed by atoms with Crippen molar-refractivity contribution in [3.63, 3.8) is 0 Å². The number of hydrogen-bond acceptors (Lipinski definition) is 4. The van der Waals surface area contributed by atoms with Crippen molar-refractivity contribution >= 4 is 11.6 Å². The molecule has 1 aromatic carbocycles. The first-order valence-corrected chi connectivity index (χ1v) is 7.08. The van der Waals surface area contributed by atoms with Crippen LogP contribution >= 0.6 is 11.6 Å². The summed E-state index contributed by atoms with van der Waals surface area (Å²) in [5.74, 6) is 1.32. The molecule has 0 fully saturated rings. The van der Waals surface area contributed by atoms with Crippen LogP contribution in [0.1, 0.15) is 31.7 Å². The molecule has 0 spiro atoms. The van der Waals surface area contributed by atoms with Gasteiger partial charge in [0.05, 0.1) is 19.8 Å². The van der Waals surface area contributed by atoms with Crippen molar-refractivity contribution in [2.24, 2.45) is 5.73 Å². The van der Waals surface area contributed by atoms with E-state index >= 15 is 0 Å². The highest BCUT2D eigenvalue weighted by molar-refractivity contribution is 6.30. The highest BCUT2D eigenvalue weighted by atomic mass is 35.5. The van der Waals surface area contributed by atoms with E-state index in [-0.39, 0.29) is 6.04 Å². The summed E-state index contributed by atoms with van der Waals surface area (Å²) in [4.78, 5) is 0. The van der Waals surface area contributed by atoms with Gasteiger partial charge in [-0.15, -0.1) is 0 Å². The minimum Gasteiger partial charge on any atom is -0.493 e. The third-order valence-corrected chi connectivity index (χ3v) is 3.01. The Morgan fingerprint density at radius 2 is 2.15 bits per heavy atom. The van der Waals surface area contributed by atoms with Gasteiger partial charge in [-0.25, -0.2) is 0 Å². The Bertz CT molecular complexity index is 470. The lowest BCUT2D eigenvalue weighted by molar-refractivity contribution is 0.283. The molecular weight excluding hydrogens is 276 g/mol. The van der Waals surface area contributed by atoms with Crippen LogP contribution in [0.3, 0.4) is 0 Å². The number of rotatable bonds is 8. The molecule has 0 aliphatic heterocycles. The lowest BCUT2D eigenvalue weighted by Crippen LogP contribution is -2.18. The van der Waals surface area contributed by atoms with E-state index in [4.69, 9.17) is 32.1 Å². The van der Waals surface area contributed by atoms with Crippen LogP contribution in [0.25, 0.3) is 0 Å². The molecule has 2 N–H and O–H groups in total. The highest BCUT2D eigenvalue weighted by Gasteiger charge is 2.14. The highest BCUT2D eigenvalue weighted by Crippen LogP contribution is 2.35. The summed E-state index contributed by atoms with van der Waals surface area (Å²) in [7, 11) is 1.59. The predicted molar refractivity (Wildman–Crippen MR) is 80.3 cm³/mol. The second kappa shape index (κ2) is 8.68. The number of methoxy groups -OCH3 is 1. The SMILES string of the molecule is COc1cc(Cl)cc(CC(C)N)c1OCCCCC#N. The zero-order valence-corrected chi connectivity index (χ0v) is 12.7. The van der Waals surface area contributed by atoms with Crippen LogP contribution in [-0.4, -0.2) is 19.8 Å². The third kappa shape index (κ3) is 5.28. The molecule has 1 unspecified atom stereocenters. The lowest BCUT2D eigenvalue weighted by atomic mass is 10.1. The van der Waals surface area contributed by atoms with Gasteiger partial charge in [0.2, 0.25) is 0 Å². The molecule has 0 aliphatic rings. The Morgan fingerprint density at radius 3 is 2.75 bits per heavy atom. The Kier molecular flexibility index (Phi) is 7.21. The van der Waals surface area contributed by atoms with Gasteiger partial charge in [0.1, 0.15) is 0 Å². The monoisotopic (exact) mass is 296 g/mol. The minimum atomic E-state index is 0.0131. The van der Waals surface area contributed by atoms with Crippen molar-refractivity contribution in [2.75, 3.05) is 13.7 Å². The molecule has 0 amide bonds. The van der Waals surface area contributed by atoms with Crippen LogP contribution in [0.15, 0.2) is 12.1 Å². The summed E-state index contributed by atoms with van der Waals surface area (Å²) < 4.78 is 11.1. The topological polar surface area (TPSA) is 68.3 Å². The molecule has 0 bridgehead atoms. The van der Waals surface area contributed by atoms with Crippen molar-refractivity contribution < 1.29 is 9.47 Å². The number of hydrogen-bond donors (Lipinski definition) is 1. The van der Waals surface area contributed by atoms with E-state index in [1.54, 1.807) is 13.2 Å². The molecule has 0 radical (unpaired) electrons. The zero-order valence-electron chi connectivity index (χ0n) is 12.0. The first-order chi connectivity index (χ1) is 9.58. The van der Waals surface area contributed by atoms with Gasteiger partial charge in [-0.05, 0) is 32.3 Å². The first kappa shape index (κ1) is 16.6. The smallest absolute Gasteiger partial charge is 0.164 e. The van der Waals surface area contributed by atoms with Crippen LogP contribution < -0.4 is 15.2 Å². The fraction of sp³-hybridized carbons (Fsp3) is 0.533. The number of nitrogens with two attached hydrogens (primary N) is 1. The number of benzene rings is 1. The van der Waals surface area contributed by atoms with E-state index in [9.17, 15) is 0 Å². The summed E-state index contributed by atoms with van der Waals surface area (Å²) >= 11 is 6.07. The molecule has 5 heteroatoms. The van der Waals surface area contributed by atoms with Gasteiger partial charge in [0.25, 0.3) is 0 Å². The van der Waals surface area contributed by atoms with Crippen molar-refractivity contribution in [1.29, 1.82) is 5.26 Å². The van der Waals surface area contributed by atoms with Crippen LogP contribution in [0, 0.1) is 11.3 Å². The van der Waals surface area contributed by atoms with E-state index in [1.165, 1.54) is 0 Å². The molecular formula is C15H21ClN2O2. The van der Waals surface area contributed by atoms with Crippen molar-refractivity contribution in [3.05, 3.63) is 22.7 Å². The molecule has 0 aromatic heterocycles. The Hall–Kier alpha value is -1.44. The van der Waals surface area contributed by atoms with E-state index < -0.39 is 0 Å². The predicted octanol–water partition coefficient (Wildman–Crippen LogP) is 3.31. The fourth-order valence-electron chi connectivity index (χ4n) is 1.92. The standard InChI is InChI=1S/C15H21ClN2O2/c1-11(18)8-12-9-13(16)10-14(19-2)15(12)20-7-5-3-4-6-17/h9-11H,3-5,7-8,18H2,1-2H3. The zero-order chi connectivity index (χ0) is 15.0. The Labute approximate surface area is 125 Å². The quantitative estimate of drug-likeness (QED) is 0.747. The first-order valence-electron chi connectivity index (χ1n) is 6.70. The minimum absolute atomic E-state index is 0.0131. The molecule has 0 heterocycles. The van der Waals surface area contributed by atoms with Crippen LogP contribution in [0.5, 0.6) is 11.5 Å². The van der Waals surface area contributed by atoms with E-state index in [2.05, 4.69) is 6.07 Å². The van der Waals surface area contributed by atoms with Gasteiger partial charge in [-0.1, -0.05) is 11.6 Å². The van der Waals surface area contributed by atoms with E-state index in [1.807, 2.05) is 13.0 Å². The number of ether oxygens (including phenoxy) is 2. The van der Waals surface area contributed by atoms with Crippen molar-refractivity contribution in [2.45, 2.75) is 38.6 Å².